The molecule has 2 N–H and O–H groups in total. The van der Waals surface area contributed by atoms with Crippen LogP contribution in [-0.2, 0) is 16.0 Å². The Morgan fingerprint density at radius 3 is 2.55 bits per heavy atom. The van der Waals surface area contributed by atoms with Crippen molar-refractivity contribution in [3.63, 3.8) is 0 Å². The first kappa shape index (κ1) is 20.9. The molecule has 0 radical (unpaired) electrons. The molecular formula is C23H27NO5. The zero-order valence-corrected chi connectivity index (χ0v) is 16.6. The van der Waals surface area contributed by atoms with Crippen molar-refractivity contribution in [1.82, 2.24) is 0 Å². The maximum absolute atomic E-state index is 12.3. The van der Waals surface area contributed by atoms with Crippen LogP contribution in [0.4, 0.5) is 5.69 Å². The van der Waals surface area contributed by atoms with E-state index in [0.717, 1.165) is 42.9 Å². The molecular weight excluding hydrogens is 370 g/mol. The number of carboxylic acids is 1. The van der Waals surface area contributed by atoms with Gasteiger partial charge in [-0.05, 0) is 61.4 Å². The van der Waals surface area contributed by atoms with Gasteiger partial charge in [0.05, 0.1) is 12.2 Å². The summed E-state index contributed by atoms with van der Waals surface area (Å²) >= 11 is 0. The quantitative estimate of drug-likeness (QED) is 0.701. The zero-order chi connectivity index (χ0) is 20.6. The van der Waals surface area contributed by atoms with Gasteiger partial charge >= 0.3 is 5.97 Å². The molecule has 1 aliphatic heterocycles. The van der Waals surface area contributed by atoms with E-state index in [0.29, 0.717) is 31.1 Å². The molecule has 0 atom stereocenters. The summed E-state index contributed by atoms with van der Waals surface area (Å²) in [5.74, 6) is 0.252. The normalized spacial score (nSPS) is 14.4. The Bertz CT molecular complexity index is 841. The highest BCUT2D eigenvalue weighted by Crippen LogP contribution is 2.25. The fourth-order valence-corrected chi connectivity index (χ4v) is 3.25. The maximum atomic E-state index is 12.3. The molecule has 1 aliphatic rings. The van der Waals surface area contributed by atoms with Crippen molar-refractivity contribution in [1.29, 1.82) is 0 Å². The van der Waals surface area contributed by atoms with Gasteiger partial charge in [-0.15, -0.1) is 0 Å². The number of carbonyl (C=O) groups excluding carboxylic acids is 1. The fourth-order valence-electron chi connectivity index (χ4n) is 3.25. The number of aryl methyl sites for hydroxylation is 2. The Balaban J connectivity index is 1.50. The lowest BCUT2D eigenvalue weighted by Crippen LogP contribution is -2.21. The van der Waals surface area contributed by atoms with Crippen LogP contribution in [-0.4, -0.2) is 36.8 Å². The van der Waals surface area contributed by atoms with Gasteiger partial charge < -0.3 is 19.9 Å². The van der Waals surface area contributed by atoms with E-state index in [1.807, 2.05) is 25.1 Å². The van der Waals surface area contributed by atoms with Crippen LogP contribution in [0.2, 0.25) is 0 Å². The third-order valence-corrected chi connectivity index (χ3v) is 5.13. The molecule has 2 aromatic carbocycles. The number of hydrogen-bond donors (Lipinski definition) is 2. The van der Waals surface area contributed by atoms with Crippen LogP contribution >= 0.6 is 0 Å². The number of amides is 1. The molecule has 6 nitrogen and oxygen atoms in total. The van der Waals surface area contributed by atoms with E-state index in [1.54, 1.807) is 24.3 Å². The van der Waals surface area contributed by atoms with Crippen LogP contribution in [0.3, 0.4) is 0 Å². The second-order valence-corrected chi connectivity index (χ2v) is 7.40. The van der Waals surface area contributed by atoms with Crippen molar-refractivity contribution in [2.24, 2.45) is 5.92 Å². The number of aromatic carboxylic acids is 1. The standard InChI is InChI=1S/C23H27NO5/c1-16-2-8-20(14-21(16)29-15-18-10-12-28-13-11-18)24-22(25)9-5-17-3-6-19(7-4-17)23(26)27/h2-4,6-8,14,18H,5,9-13,15H2,1H3,(H,24,25)(H,26,27). The van der Waals surface area contributed by atoms with Gasteiger partial charge in [-0.2, -0.15) is 0 Å². The summed E-state index contributed by atoms with van der Waals surface area (Å²) < 4.78 is 11.4. The number of rotatable bonds is 8. The first-order valence-electron chi connectivity index (χ1n) is 9.94. The second kappa shape index (κ2) is 10.1. The lowest BCUT2D eigenvalue weighted by molar-refractivity contribution is -0.116. The van der Waals surface area contributed by atoms with Gasteiger partial charge in [0, 0.05) is 31.4 Å². The molecule has 0 unspecified atom stereocenters. The number of ether oxygens (including phenoxy) is 2. The van der Waals surface area contributed by atoms with E-state index in [4.69, 9.17) is 14.6 Å². The van der Waals surface area contributed by atoms with E-state index < -0.39 is 5.97 Å². The highest BCUT2D eigenvalue weighted by molar-refractivity contribution is 5.91. The number of carboxylic acid groups (broad SMARTS) is 1. The molecule has 3 rings (SSSR count). The van der Waals surface area contributed by atoms with Crippen molar-refractivity contribution in [3.8, 4) is 5.75 Å². The molecule has 0 bridgehead atoms. The topological polar surface area (TPSA) is 84.9 Å². The van der Waals surface area contributed by atoms with E-state index in [2.05, 4.69) is 5.32 Å². The van der Waals surface area contributed by atoms with Crippen LogP contribution in [0.25, 0.3) is 0 Å². The van der Waals surface area contributed by atoms with Crippen molar-refractivity contribution in [3.05, 3.63) is 59.2 Å². The Morgan fingerprint density at radius 2 is 1.86 bits per heavy atom. The van der Waals surface area contributed by atoms with Gasteiger partial charge in [0.1, 0.15) is 5.75 Å². The van der Waals surface area contributed by atoms with E-state index in [9.17, 15) is 9.59 Å². The number of anilines is 1. The first-order valence-corrected chi connectivity index (χ1v) is 9.94. The Labute approximate surface area is 170 Å². The summed E-state index contributed by atoms with van der Waals surface area (Å²) in [6.07, 6.45) is 2.90. The van der Waals surface area contributed by atoms with Crippen LogP contribution in [0.15, 0.2) is 42.5 Å². The van der Waals surface area contributed by atoms with Gasteiger partial charge in [-0.3, -0.25) is 4.79 Å². The predicted molar refractivity (Wildman–Crippen MR) is 111 cm³/mol. The molecule has 0 saturated carbocycles. The summed E-state index contributed by atoms with van der Waals surface area (Å²) in [4.78, 5) is 23.2. The van der Waals surface area contributed by atoms with Gasteiger partial charge in [-0.25, -0.2) is 4.79 Å². The predicted octanol–water partition coefficient (Wildman–Crippen LogP) is 4.07. The molecule has 6 heteroatoms. The second-order valence-electron chi connectivity index (χ2n) is 7.40. The number of hydrogen-bond acceptors (Lipinski definition) is 4. The minimum atomic E-state index is -0.955. The van der Waals surface area contributed by atoms with E-state index in [1.165, 1.54) is 0 Å². The molecule has 0 spiro atoms. The van der Waals surface area contributed by atoms with E-state index in [-0.39, 0.29) is 11.5 Å². The highest BCUT2D eigenvalue weighted by atomic mass is 16.5. The lowest BCUT2D eigenvalue weighted by atomic mass is 10.0. The molecule has 1 heterocycles. The average Bonchev–Trinajstić information content (AvgIpc) is 2.73. The van der Waals surface area contributed by atoms with Crippen molar-refractivity contribution < 1.29 is 24.2 Å². The lowest BCUT2D eigenvalue weighted by Gasteiger charge is -2.22. The molecule has 0 aliphatic carbocycles. The summed E-state index contributed by atoms with van der Waals surface area (Å²) in [6, 6.07) is 12.3. The molecule has 29 heavy (non-hydrogen) atoms. The average molecular weight is 397 g/mol. The Kier molecular flexibility index (Phi) is 7.25. The van der Waals surface area contributed by atoms with Crippen LogP contribution in [0, 0.1) is 12.8 Å². The zero-order valence-electron chi connectivity index (χ0n) is 16.6. The molecule has 154 valence electrons. The minimum Gasteiger partial charge on any atom is -0.493 e. The fraction of sp³-hybridized carbons (Fsp3) is 0.391. The molecule has 1 saturated heterocycles. The smallest absolute Gasteiger partial charge is 0.335 e. The van der Waals surface area contributed by atoms with E-state index >= 15 is 0 Å². The van der Waals surface area contributed by atoms with Crippen LogP contribution < -0.4 is 10.1 Å². The summed E-state index contributed by atoms with van der Waals surface area (Å²) in [7, 11) is 0. The number of benzene rings is 2. The summed E-state index contributed by atoms with van der Waals surface area (Å²) in [6.45, 7) is 4.24. The highest BCUT2D eigenvalue weighted by Gasteiger charge is 2.15. The maximum Gasteiger partial charge on any atom is 0.335 e. The van der Waals surface area contributed by atoms with Gasteiger partial charge in [0.2, 0.25) is 5.91 Å². The summed E-state index contributed by atoms with van der Waals surface area (Å²) in [5.41, 5.74) is 2.91. The van der Waals surface area contributed by atoms with Crippen molar-refractivity contribution in [2.45, 2.75) is 32.6 Å². The van der Waals surface area contributed by atoms with Gasteiger partial charge in [0.25, 0.3) is 0 Å². The minimum absolute atomic E-state index is 0.0912. The van der Waals surface area contributed by atoms with Gasteiger partial charge in [-0.1, -0.05) is 18.2 Å². The summed E-state index contributed by atoms with van der Waals surface area (Å²) in [5, 5.41) is 11.8. The molecule has 1 amide bonds. The van der Waals surface area contributed by atoms with Crippen LogP contribution in [0.1, 0.15) is 40.7 Å². The Hall–Kier alpha value is -2.86. The third kappa shape index (κ3) is 6.32. The van der Waals surface area contributed by atoms with Gasteiger partial charge in [0.15, 0.2) is 0 Å². The van der Waals surface area contributed by atoms with Crippen molar-refractivity contribution in [2.75, 3.05) is 25.1 Å². The van der Waals surface area contributed by atoms with Crippen LogP contribution in [0.5, 0.6) is 5.75 Å². The third-order valence-electron chi connectivity index (χ3n) is 5.13. The largest absolute Gasteiger partial charge is 0.493 e. The monoisotopic (exact) mass is 397 g/mol. The Morgan fingerprint density at radius 1 is 1.14 bits per heavy atom. The SMILES string of the molecule is Cc1ccc(NC(=O)CCc2ccc(C(=O)O)cc2)cc1OCC1CCOCC1. The number of carbonyl (C=O) groups is 2. The van der Waals surface area contributed by atoms with Crippen molar-refractivity contribution >= 4 is 17.6 Å². The molecule has 0 aromatic heterocycles. The molecule has 2 aromatic rings. The molecule has 1 fully saturated rings. The number of nitrogens with one attached hydrogen (secondary N) is 1. The first-order chi connectivity index (χ1) is 14.0.